The van der Waals surface area contributed by atoms with E-state index in [1.165, 1.54) is 11.3 Å². The fourth-order valence-electron chi connectivity index (χ4n) is 3.37. The van der Waals surface area contributed by atoms with Crippen LogP contribution in [0, 0.1) is 12.8 Å². The number of Topliss-reactive ketones (excluding diaryl/α,β-unsaturated/α-hetero) is 1. The number of nitrogens with zero attached hydrogens (tertiary/aromatic N) is 4. The summed E-state index contributed by atoms with van der Waals surface area (Å²) < 4.78 is 1.67. The molecule has 4 rings (SSSR count). The molecule has 0 radical (unpaired) electrons. The maximum absolute atomic E-state index is 13.0. The Hall–Kier alpha value is -2.54. The lowest BCUT2D eigenvalue weighted by atomic mass is 9.92. The van der Waals surface area contributed by atoms with Gasteiger partial charge in [-0.05, 0) is 31.2 Å². The van der Waals surface area contributed by atoms with Gasteiger partial charge in [0.2, 0.25) is 0 Å². The first-order valence-corrected chi connectivity index (χ1v) is 9.19. The molecule has 4 heterocycles. The average molecular weight is 354 g/mol. The first-order chi connectivity index (χ1) is 12.1. The van der Waals surface area contributed by atoms with Crippen LogP contribution in [-0.2, 0) is 0 Å². The van der Waals surface area contributed by atoms with Gasteiger partial charge >= 0.3 is 0 Å². The van der Waals surface area contributed by atoms with Gasteiger partial charge in [-0.1, -0.05) is 6.07 Å². The summed E-state index contributed by atoms with van der Waals surface area (Å²) in [7, 11) is 0. The highest BCUT2D eigenvalue weighted by Gasteiger charge is 2.30. The van der Waals surface area contributed by atoms with Crippen LogP contribution < -0.4 is 0 Å². The molecule has 1 saturated heterocycles. The molecular formula is C18H18N4O2S. The van der Waals surface area contributed by atoms with Gasteiger partial charge in [0, 0.05) is 31.3 Å². The van der Waals surface area contributed by atoms with Crippen molar-refractivity contribution in [3.05, 3.63) is 52.1 Å². The van der Waals surface area contributed by atoms with Crippen molar-refractivity contribution < 1.29 is 9.59 Å². The molecule has 25 heavy (non-hydrogen) atoms. The third-order valence-corrected chi connectivity index (χ3v) is 5.61. The Morgan fingerprint density at radius 3 is 3.00 bits per heavy atom. The fraction of sp³-hybridized carbons (Fsp3) is 0.333. The second kappa shape index (κ2) is 6.40. The summed E-state index contributed by atoms with van der Waals surface area (Å²) in [6.45, 7) is 3.00. The number of aryl methyl sites for hydroxylation is 1. The predicted molar refractivity (Wildman–Crippen MR) is 95.0 cm³/mol. The number of piperidine rings is 1. The molecule has 0 aliphatic carbocycles. The van der Waals surface area contributed by atoms with Gasteiger partial charge in [0.25, 0.3) is 5.91 Å². The van der Waals surface area contributed by atoms with Crippen molar-refractivity contribution in [2.75, 3.05) is 13.1 Å². The first kappa shape index (κ1) is 16.0. The quantitative estimate of drug-likeness (QED) is 0.678. The minimum atomic E-state index is -0.127. The van der Waals surface area contributed by atoms with Gasteiger partial charge in [0.05, 0.1) is 22.3 Å². The van der Waals surface area contributed by atoms with Crippen molar-refractivity contribution in [2.24, 2.45) is 5.92 Å². The minimum Gasteiger partial charge on any atom is -0.338 e. The predicted octanol–water partition coefficient (Wildman–Crippen LogP) is 2.83. The van der Waals surface area contributed by atoms with Crippen molar-refractivity contribution in [3.8, 4) is 0 Å². The van der Waals surface area contributed by atoms with E-state index in [0.29, 0.717) is 18.7 Å². The van der Waals surface area contributed by atoms with Crippen molar-refractivity contribution in [1.29, 1.82) is 0 Å². The highest BCUT2D eigenvalue weighted by Crippen LogP contribution is 2.24. The van der Waals surface area contributed by atoms with Crippen molar-refractivity contribution in [2.45, 2.75) is 19.8 Å². The lowest BCUT2D eigenvalue weighted by molar-refractivity contribution is 0.0636. The van der Waals surface area contributed by atoms with Crippen molar-refractivity contribution in [1.82, 2.24) is 19.5 Å². The average Bonchev–Trinajstić information content (AvgIpc) is 3.33. The Labute approximate surface area is 149 Å². The van der Waals surface area contributed by atoms with Gasteiger partial charge < -0.3 is 4.90 Å². The van der Waals surface area contributed by atoms with E-state index in [1.807, 2.05) is 24.4 Å². The second-order valence-corrected chi connectivity index (χ2v) is 7.24. The van der Waals surface area contributed by atoms with E-state index in [4.69, 9.17) is 0 Å². The molecule has 0 unspecified atom stereocenters. The summed E-state index contributed by atoms with van der Waals surface area (Å²) in [5, 5.41) is 6.12. The summed E-state index contributed by atoms with van der Waals surface area (Å²) in [6, 6.07) is 5.54. The van der Waals surface area contributed by atoms with E-state index in [1.54, 1.807) is 27.9 Å². The molecule has 128 valence electrons. The van der Waals surface area contributed by atoms with E-state index in [-0.39, 0.29) is 17.6 Å². The number of ketones is 1. The first-order valence-electron chi connectivity index (χ1n) is 8.31. The van der Waals surface area contributed by atoms with Crippen LogP contribution in [0.25, 0.3) is 5.65 Å². The molecule has 6 nitrogen and oxygen atoms in total. The molecule has 0 saturated carbocycles. The van der Waals surface area contributed by atoms with Crippen LogP contribution >= 0.6 is 11.3 Å². The van der Waals surface area contributed by atoms with E-state index in [0.717, 1.165) is 29.1 Å². The summed E-state index contributed by atoms with van der Waals surface area (Å²) >= 11 is 1.46. The van der Waals surface area contributed by atoms with E-state index < -0.39 is 0 Å². The standard InChI is InChI=1S/C18H18N4O2S/c1-12-14(10-19-16-6-7-20-22(12)16)18(24)21-8-2-4-13(11-21)17(23)15-5-3-9-25-15/h3,5-7,9-10,13H,2,4,8,11H2,1H3/t13-/m1/s1. The summed E-state index contributed by atoms with van der Waals surface area (Å²) in [5.74, 6) is -0.0611. The number of likely N-dealkylation sites (tertiary alicyclic amines) is 1. The molecule has 0 spiro atoms. The third-order valence-electron chi connectivity index (χ3n) is 4.73. The van der Waals surface area contributed by atoms with Crippen LogP contribution in [0.1, 0.15) is 38.6 Å². The van der Waals surface area contributed by atoms with E-state index >= 15 is 0 Å². The molecule has 1 amide bonds. The lowest BCUT2D eigenvalue weighted by Crippen LogP contribution is -2.42. The fourth-order valence-corrected chi connectivity index (χ4v) is 4.11. The topological polar surface area (TPSA) is 67.6 Å². The van der Waals surface area contributed by atoms with Crippen molar-refractivity contribution in [3.63, 3.8) is 0 Å². The Morgan fingerprint density at radius 2 is 2.20 bits per heavy atom. The van der Waals surface area contributed by atoms with Gasteiger partial charge in [-0.25, -0.2) is 9.50 Å². The summed E-state index contributed by atoms with van der Waals surface area (Å²) in [4.78, 5) is 32.4. The van der Waals surface area contributed by atoms with Gasteiger partial charge in [-0.2, -0.15) is 5.10 Å². The Bertz CT molecular complexity index is 932. The molecule has 1 aliphatic heterocycles. The number of carbonyl (C=O) groups excluding carboxylic acids is 2. The van der Waals surface area contributed by atoms with Crippen LogP contribution in [0.4, 0.5) is 0 Å². The smallest absolute Gasteiger partial charge is 0.257 e. The second-order valence-electron chi connectivity index (χ2n) is 6.29. The highest BCUT2D eigenvalue weighted by molar-refractivity contribution is 7.12. The zero-order valence-corrected chi connectivity index (χ0v) is 14.7. The Morgan fingerprint density at radius 1 is 1.32 bits per heavy atom. The largest absolute Gasteiger partial charge is 0.338 e. The van der Waals surface area contributed by atoms with Gasteiger partial charge in [-0.3, -0.25) is 9.59 Å². The minimum absolute atomic E-state index is 0.0777. The molecule has 3 aromatic rings. The molecule has 0 bridgehead atoms. The SMILES string of the molecule is Cc1c(C(=O)N2CCC[C@@H](C(=O)c3cccs3)C2)cnc2ccnn12. The normalized spacial score (nSPS) is 17.8. The number of rotatable bonds is 3. The van der Waals surface area contributed by atoms with Crippen LogP contribution in [0.15, 0.2) is 36.0 Å². The zero-order chi connectivity index (χ0) is 17.4. The molecular weight excluding hydrogens is 336 g/mol. The maximum atomic E-state index is 13.0. The van der Waals surface area contributed by atoms with Gasteiger partial charge in [0.15, 0.2) is 11.4 Å². The number of hydrogen-bond acceptors (Lipinski definition) is 5. The highest BCUT2D eigenvalue weighted by atomic mass is 32.1. The molecule has 0 N–H and O–H groups in total. The number of thiophene rings is 1. The molecule has 0 aromatic carbocycles. The van der Waals surface area contributed by atoms with Crippen molar-refractivity contribution >= 4 is 28.7 Å². The van der Waals surface area contributed by atoms with Gasteiger partial charge in [-0.15, -0.1) is 11.3 Å². The molecule has 1 atom stereocenters. The lowest BCUT2D eigenvalue weighted by Gasteiger charge is -2.32. The molecule has 1 fully saturated rings. The summed E-state index contributed by atoms with van der Waals surface area (Å²) in [5.41, 5.74) is 2.03. The number of amides is 1. The van der Waals surface area contributed by atoms with E-state index in [9.17, 15) is 9.59 Å². The molecule has 3 aromatic heterocycles. The van der Waals surface area contributed by atoms with Crippen LogP contribution in [0.5, 0.6) is 0 Å². The maximum Gasteiger partial charge on any atom is 0.257 e. The van der Waals surface area contributed by atoms with Crippen LogP contribution in [0.3, 0.4) is 0 Å². The molecule has 1 aliphatic rings. The van der Waals surface area contributed by atoms with Gasteiger partial charge in [0.1, 0.15) is 0 Å². The number of aromatic nitrogens is 3. The third kappa shape index (κ3) is 2.84. The van der Waals surface area contributed by atoms with Crippen LogP contribution in [-0.4, -0.2) is 44.3 Å². The Kier molecular flexibility index (Phi) is 4.09. The van der Waals surface area contributed by atoms with Crippen LogP contribution in [0.2, 0.25) is 0 Å². The number of fused-ring (bicyclic) bond motifs is 1. The number of carbonyl (C=O) groups is 2. The summed E-state index contributed by atoms with van der Waals surface area (Å²) in [6.07, 6.45) is 4.94. The Balaban J connectivity index is 1.57. The van der Waals surface area contributed by atoms with E-state index in [2.05, 4.69) is 10.1 Å². The number of hydrogen-bond donors (Lipinski definition) is 0. The zero-order valence-electron chi connectivity index (χ0n) is 13.9. The molecule has 7 heteroatoms. The monoisotopic (exact) mass is 354 g/mol.